The number of likely N-dealkylation sites (tertiary alicyclic amines) is 2. The Balaban J connectivity index is 1.15. The summed E-state index contributed by atoms with van der Waals surface area (Å²) >= 11 is 0. The van der Waals surface area contributed by atoms with Gasteiger partial charge in [-0.25, -0.2) is 13.6 Å². The summed E-state index contributed by atoms with van der Waals surface area (Å²) in [7, 11) is 0. The number of alkyl halides is 2. The van der Waals surface area contributed by atoms with E-state index in [-0.39, 0.29) is 54.6 Å². The fraction of sp³-hybridized carbons (Fsp3) is 0.833. The van der Waals surface area contributed by atoms with Crippen LogP contribution < -0.4 is 21.7 Å². The van der Waals surface area contributed by atoms with Gasteiger partial charge in [0.05, 0.1) is 5.41 Å². The molecule has 0 aromatic heterocycles. The van der Waals surface area contributed by atoms with Crippen LogP contribution >= 0.6 is 0 Å². The number of urea groups is 1. The summed E-state index contributed by atoms with van der Waals surface area (Å²) in [5, 5.41) is 8.54. The van der Waals surface area contributed by atoms with Gasteiger partial charge in [-0.2, -0.15) is 0 Å². The van der Waals surface area contributed by atoms with Crippen LogP contribution in [0.2, 0.25) is 0 Å². The summed E-state index contributed by atoms with van der Waals surface area (Å²) in [4.78, 5) is 68.8. The van der Waals surface area contributed by atoms with Crippen LogP contribution in [0.1, 0.15) is 73.1 Å². The number of halogens is 2. The third kappa shape index (κ3) is 4.75. The molecule has 238 valence electrons. The largest absolute Gasteiger partial charge is 0.368 e. The lowest BCUT2D eigenvalue weighted by atomic mass is 9.60. The number of rotatable bonds is 7. The number of nitrogens with one attached hydrogen (secondary N) is 3. The Morgan fingerprint density at radius 3 is 2.21 bits per heavy atom. The molecule has 6 fully saturated rings. The van der Waals surface area contributed by atoms with Crippen LogP contribution in [0.25, 0.3) is 0 Å². The van der Waals surface area contributed by atoms with E-state index in [9.17, 15) is 32.8 Å². The summed E-state index contributed by atoms with van der Waals surface area (Å²) in [6, 6.07) is -3.55. The van der Waals surface area contributed by atoms with Crippen LogP contribution in [0.4, 0.5) is 13.6 Å². The molecule has 3 saturated heterocycles. The van der Waals surface area contributed by atoms with Gasteiger partial charge in [0.1, 0.15) is 18.1 Å². The molecule has 6 rings (SSSR count). The van der Waals surface area contributed by atoms with Crippen molar-refractivity contribution < 1.29 is 32.8 Å². The number of piperidine rings is 1. The predicted molar refractivity (Wildman–Crippen MR) is 150 cm³/mol. The summed E-state index contributed by atoms with van der Waals surface area (Å²) in [5.41, 5.74) is 3.38. The van der Waals surface area contributed by atoms with Crippen LogP contribution in [0.3, 0.4) is 0 Å². The zero-order valence-corrected chi connectivity index (χ0v) is 25.6. The highest BCUT2D eigenvalue weighted by molar-refractivity contribution is 5.96. The van der Waals surface area contributed by atoms with E-state index in [1.165, 1.54) is 9.80 Å². The Morgan fingerprint density at radius 2 is 1.72 bits per heavy atom. The Bertz CT molecular complexity index is 1270. The maximum Gasteiger partial charge on any atom is 0.318 e. The molecule has 0 aromatic rings. The SMILES string of the molecule is CC(C)(C)[C@H](NC(=O)N1CC2(CCC2(F)F)C1)C(=O)N1C[C@H]2[C@@H]([C@H]1C(=O)N[C@@H](C[C@@H]1CC3(CC3)NC1=O)C(N)=O)C2(C)C. The van der Waals surface area contributed by atoms with Gasteiger partial charge in [0.2, 0.25) is 23.6 Å². The quantitative estimate of drug-likeness (QED) is 0.345. The lowest BCUT2D eigenvalue weighted by molar-refractivity contribution is -0.248. The van der Waals surface area contributed by atoms with E-state index < -0.39 is 64.5 Å². The third-order valence-corrected chi connectivity index (χ3v) is 11.5. The van der Waals surface area contributed by atoms with Crippen LogP contribution in [0, 0.1) is 34.0 Å². The highest BCUT2D eigenvalue weighted by atomic mass is 19.3. The van der Waals surface area contributed by atoms with Gasteiger partial charge in [0.15, 0.2) is 0 Å². The van der Waals surface area contributed by atoms with Gasteiger partial charge in [-0.05, 0) is 54.8 Å². The molecule has 2 spiro atoms. The van der Waals surface area contributed by atoms with E-state index in [1.54, 1.807) is 20.8 Å². The van der Waals surface area contributed by atoms with Crippen LogP contribution in [-0.4, -0.2) is 88.7 Å². The van der Waals surface area contributed by atoms with Gasteiger partial charge in [0, 0.05) is 37.5 Å². The first kappa shape index (κ1) is 30.1. The van der Waals surface area contributed by atoms with Crippen molar-refractivity contribution in [3.63, 3.8) is 0 Å². The van der Waals surface area contributed by atoms with Gasteiger partial charge in [-0.15, -0.1) is 0 Å². The Hall–Kier alpha value is -2.99. The van der Waals surface area contributed by atoms with Crippen molar-refractivity contribution in [2.24, 2.45) is 39.7 Å². The van der Waals surface area contributed by atoms with Crippen molar-refractivity contribution in [2.75, 3.05) is 19.6 Å². The Labute approximate surface area is 250 Å². The average molecular weight is 607 g/mol. The first-order chi connectivity index (χ1) is 19.8. The fourth-order valence-corrected chi connectivity index (χ4v) is 8.16. The molecule has 3 saturated carbocycles. The molecule has 6 aliphatic rings. The zero-order chi connectivity index (χ0) is 31.5. The van der Waals surface area contributed by atoms with E-state index in [2.05, 4.69) is 16.0 Å². The molecule has 0 aromatic carbocycles. The molecule has 11 nitrogen and oxygen atoms in total. The van der Waals surface area contributed by atoms with E-state index in [0.717, 1.165) is 12.8 Å². The van der Waals surface area contributed by atoms with Crippen molar-refractivity contribution in [1.29, 1.82) is 0 Å². The number of hydrogen-bond donors (Lipinski definition) is 4. The number of primary amides is 1. The molecule has 6 atom stereocenters. The predicted octanol–water partition coefficient (Wildman–Crippen LogP) is 1.35. The maximum atomic E-state index is 14.1. The monoisotopic (exact) mass is 606 g/mol. The maximum absolute atomic E-state index is 14.1. The van der Waals surface area contributed by atoms with E-state index in [0.29, 0.717) is 19.4 Å². The standard InChI is InChI=1S/C30H44F2N6O5/c1-26(2,3)20(35-25(43)37-13-28(14-37)6-9-30(28,31)32)24(42)38-12-16-18(27(16,4)5)19(38)23(41)34-17(21(33)39)10-15-11-29(7-8-29)36-22(15)40/h15-20H,6-14H2,1-5H3,(H2,33,39)(H,34,41)(H,35,43)(H,36,40)/t15-,16+,17+,18+,19+,20-/m1/s1. The second-order valence-electron chi connectivity index (χ2n) is 15.8. The molecular formula is C30H44F2N6O5. The zero-order valence-electron chi connectivity index (χ0n) is 25.6. The molecular weight excluding hydrogens is 562 g/mol. The first-order valence-electron chi connectivity index (χ1n) is 15.5. The minimum atomic E-state index is -2.78. The summed E-state index contributed by atoms with van der Waals surface area (Å²) < 4.78 is 28.2. The molecule has 0 radical (unpaired) electrons. The molecule has 3 aliphatic carbocycles. The van der Waals surface area contributed by atoms with Crippen molar-refractivity contribution in [3.8, 4) is 0 Å². The van der Waals surface area contributed by atoms with Gasteiger partial charge in [-0.1, -0.05) is 34.6 Å². The van der Waals surface area contributed by atoms with Crippen molar-refractivity contribution in [1.82, 2.24) is 25.8 Å². The Morgan fingerprint density at radius 1 is 1.07 bits per heavy atom. The summed E-state index contributed by atoms with van der Waals surface area (Å²) in [6.07, 6.45) is 2.68. The lowest BCUT2D eigenvalue weighted by Crippen LogP contribution is -2.73. The van der Waals surface area contributed by atoms with Crippen molar-refractivity contribution >= 4 is 29.7 Å². The molecule has 3 aliphatic heterocycles. The van der Waals surface area contributed by atoms with Gasteiger partial charge >= 0.3 is 6.03 Å². The lowest BCUT2D eigenvalue weighted by Gasteiger charge is -2.59. The number of nitrogens with two attached hydrogens (primary N) is 1. The minimum Gasteiger partial charge on any atom is -0.368 e. The highest BCUT2D eigenvalue weighted by Crippen LogP contribution is 2.65. The number of fused-ring (bicyclic) bond motifs is 1. The van der Waals surface area contributed by atoms with Crippen LogP contribution in [-0.2, 0) is 19.2 Å². The number of carbonyl (C=O) groups excluding carboxylic acids is 5. The Kier molecular flexibility index (Phi) is 6.47. The van der Waals surface area contributed by atoms with Crippen molar-refractivity contribution in [3.05, 3.63) is 0 Å². The highest BCUT2D eigenvalue weighted by Gasteiger charge is 2.70. The second-order valence-corrected chi connectivity index (χ2v) is 15.8. The normalized spacial score (nSPS) is 33.0. The van der Waals surface area contributed by atoms with E-state index in [1.807, 2.05) is 13.8 Å². The number of carbonyl (C=O) groups is 5. The van der Waals surface area contributed by atoms with Crippen LogP contribution in [0.15, 0.2) is 0 Å². The topological polar surface area (TPSA) is 154 Å². The molecule has 3 heterocycles. The fourth-order valence-electron chi connectivity index (χ4n) is 8.16. The molecule has 6 amide bonds. The molecule has 43 heavy (non-hydrogen) atoms. The van der Waals surface area contributed by atoms with Gasteiger partial charge in [0.25, 0.3) is 5.92 Å². The summed E-state index contributed by atoms with van der Waals surface area (Å²) in [5.74, 6) is -5.14. The molecule has 13 heteroatoms. The van der Waals surface area contributed by atoms with E-state index in [4.69, 9.17) is 5.73 Å². The summed E-state index contributed by atoms with van der Waals surface area (Å²) in [6.45, 7) is 9.66. The minimum absolute atomic E-state index is 0.0569. The number of amides is 6. The van der Waals surface area contributed by atoms with E-state index >= 15 is 0 Å². The number of nitrogens with zero attached hydrogens (tertiary/aromatic N) is 2. The smallest absolute Gasteiger partial charge is 0.318 e. The first-order valence-corrected chi connectivity index (χ1v) is 15.5. The number of hydrogen-bond acceptors (Lipinski definition) is 5. The third-order valence-electron chi connectivity index (χ3n) is 11.5. The second kappa shape index (κ2) is 9.26. The molecule has 5 N–H and O–H groups in total. The molecule has 0 unspecified atom stereocenters. The van der Waals surface area contributed by atoms with Crippen molar-refractivity contribution in [2.45, 2.75) is 103 Å². The van der Waals surface area contributed by atoms with Crippen LogP contribution in [0.5, 0.6) is 0 Å². The molecule has 0 bridgehead atoms. The average Bonchev–Trinajstić information content (AvgIpc) is 3.58. The van der Waals surface area contributed by atoms with Gasteiger partial charge in [-0.3, -0.25) is 19.2 Å². The van der Waals surface area contributed by atoms with Gasteiger partial charge < -0.3 is 31.5 Å².